The zero-order valence-electron chi connectivity index (χ0n) is 12.4. The summed E-state index contributed by atoms with van der Waals surface area (Å²) in [6.07, 6.45) is 6.98. The van der Waals surface area contributed by atoms with E-state index in [1.54, 1.807) is 0 Å². The molecule has 2 aliphatic heterocycles. The maximum atomic E-state index is 5.95. The third-order valence-electron chi connectivity index (χ3n) is 4.12. The first kappa shape index (κ1) is 15.2. The molecule has 2 saturated heterocycles. The minimum Gasteiger partial charge on any atom is -0.378 e. The molecule has 0 saturated carbocycles. The molecule has 1 unspecified atom stereocenters. The van der Waals surface area contributed by atoms with E-state index in [2.05, 4.69) is 17.1 Å². The van der Waals surface area contributed by atoms with Gasteiger partial charge in [-0.2, -0.15) is 0 Å². The monoisotopic (exact) mass is 270 g/mol. The standard InChI is InChI=1S/C15H30N2O2/c1-2-18-15-5-3-10-17(13-15)11-4-12-19-14-6-8-16-9-7-14/h14-16H,2-13H2,1H3. The minimum absolute atomic E-state index is 0.462. The highest BCUT2D eigenvalue weighted by Crippen LogP contribution is 2.14. The van der Waals surface area contributed by atoms with Crippen molar-refractivity contribution in [1.29, 1.82) is 0 Å². The van der Waals surface area contributed by atoms with Gasteiger partial charge in [0.2, 0.25) is 0 Å². The summed E-state index contributed by atoms with van der Waals surface area (Å²) in [5.41, 5.74) is 0. The molecule has 2 heterocycles. The van der Waals surface area contributed by atoms with Crippen molar-refractivity contribution in [2.24, 2.45) is 0 Å². The summed E-state index contributed by atoms with van der Waals surface area (Å²) in [6, 6.07) is 0. The number of ether oxygens (including phenoxy) is 2. The highest BCUT2D eigenvalue weighted by Gasteiger charge is 2.19. The first-order chi connectivity index (χ1) is 9.38. The van der Waals surface area contributed by atoms with Gasteiger partial charge in [-0.25, -0.2) is 0 Å². The van der Waals surface area contributed by atoms with Crippen molar-refractivity contribution in [3.63, 3.8) is 0 Å². The van der Waals surface area contributed by atoms with Gasteiger partial charge in [0.1, 0.15) is 0 Å². The van der Waals surface area contributed by atoms with Crippen LogP contribution in [-0.2, 0) is 9.47 Å². The number of nitrogens with one attached hydrogen (secondary N) is 1. The third kappa shape index (κ3) is 5.78. The molecular formula is C15H30N2O2. The summed E-state index contributed by atoms with van der Waals surface area (Å²) in [7, 11) is 0. The van der Waals surface area contributed by atoms with Crippen molar-refractivity contribution in [3.8, 4) is 0 Å². The van der Waals surface area contributed by atoms with Crippen LogP contribution >= 0.6 is 0 Å². The van der Waals surface area contributed by atoms with E-state index in [1.165, 1.54) is 32.2 Å². The molecule has 19 heavy (non-hydrogen) atoms. The quantitative estimate of drug-likeness (QED) is 0.713. The largest absolute Gasteiger partial charge is 0.378 e. The van der Waals surface area contributed by atoms with Crippen LogP contribution in [0.2, 0.25) is 0 Å². The molecule has 0 aliphatic carbocycles. The summed E-state index contributed by atoms with van der Waals surface area (Å²) in [5, 5.41) is 3.37. The number of hydrogen-bond donors (Lipinski definition) is 1. The van der Waals surface area contributed by atoms with Gasteiger partial charge < -0.3 is 19.7 Å². The van der Waals surface area contributed by atoms with Gasteiger partial charge in [0.05, 0.1) is 12.2 Å². The predicted molar refractivity (Wildman–Crippen MR) is 77.5 cm³/mol. The molecule has 0 aromatic heterocycles. The molecule has 112 valence electrons. The van der Waals surface area contributed by atoms with Crippen molar-refractivity contribution in [3.05, 3.63) is 0 Å². The van der Waals surface area contributed by atoms with E-state index in [0.29, 0.717) is 12.2 Å². The van der Waals surface area contributed by atoms with E-state index in [-0.39, 0.29) is 0 Å². The van der Waals surface area contributed by atoms with Crippen LogP contribution in [0, 0.1) is 0 Å². The van der Waals surface area contributed by atoms with Gasteiger partial charge >= 0.3 is 0 Å². The summed E-state index contributed by atoms with van der Waals surface area (Å²) < 4.78 is 11.7. The average Bonchev–Trinajstić information content (AvgIpc) is 2.46. The fraction of sp³-hybridized carbons (Fsp3) is 1.00. The Bertz CT molecular complexity index is 230. The maximum absolute atomic E-state index is 5.95. The fourth-order valence-corrected chi connectivity index (χ4v) is 3.09. The Labute approximate surface area is 117 Å². The van der Waals surface area contributed by atoms with Gasteiger partial charge in [-0.3, -0.25) is 0 Å². The van der Waals surface area contributed by atoms with E-state index in [1.807, 2.05) is 0 Å². The molecule has 2 aliphatic rings. The second-order valence-electron chi connectivity index (χ2n) is 5.69. The van der Waals surface area contributed by atoms with Crippen LogP contribution in [0.5, 0.6) is 0 Å². The molecular weight excluding hydrogens is 240 g/mol. The van der Waals surface area contributed by atoms with E-state index < -0.39 is 0 Å². The highest BCUT2D eigenvalue weighted by molar-refractivity contribution is 4.73. The number of likely N-dealkylation sites (tertiary alicyclic amines) is 1. The maximum Gasteiger partial charge on any atom is 0.0702 e. The normalized spacial score (nSPS) is 26.7. The van der Waals surface area contributed by atoms with E-state index in [0.717, 1.165) is 45.8 Å². The van der Waals surface area contributed by atoms with Gasteiger partial charge in [0, 0.05) is 26.3 Å². The molecule has 0 bridgehead atoms. The minimum atomic E-state index is 0.462. The SMILES string of the molecule is CCOC1CCCN(CCCOC2CCNCC2)C1. The summed E-state index contributed by atoms with van der Waals surface area (Å²) in [6.45, 7) is 9.59. The molecule has 0 aromatic carbocycles. The molecule has 1 atom stereocenters. The Morgan fingerprint density at radius 1 is 1.11 bits per heavy atom. The molecule has 2 fully saturated rings. The van der Waals surface area contributed by atoms with Crippen molar-refractivity contribution in [2.45, 2.75) is 51.2 Å². The lowest BCUT2D eigenvalue weighted by atomic mass is 10.1. The van der Waals surface area contributed by atoms with E-state index in [9.17, 15) is 0 Å². The lowest BCUT2D eigenvalue weighted by Crippen LogP contribution is -2.40. The first-order valence-corrected chi connectivity index (χ1v) is 8.04. The lowest BCUT2D eigenvalue weighted by molar-refractivity contribution is -0.00279. The van der Waals surface area contributed by atoms with Crippen LogP contribution in [0.3, 0.4) is 0 Å². The van der Waals surface area contributed by atoms with Crippen LogP contribution in [0.4, 0.5) is 0 Å². The Morgan fingerprint density at radius 2 is 1.95 bits per heavy atom. The van der Waals surface area contributed by atoms with E-state index >= 15 is 0 Å². The van der Waals surface area contributed by atoms with Crippen LogP contribution in [-0.4, -0.2) is 63.0 Å². The molecule has 0 amide bonds. The average molecular weight is 270 g/mol. The van der Waals surface area contributed by atoms with Crippen molar-refractivity contribution < 1.29 is 9.47 Å². The van der Waals surface area contributed by atoms with Crippen LogP contribution in [0.15, 0.2) is 0 Å². The molecule has 2 rings (SSSR count). The Balaban J connectivity index is 1.52. The fourth-order valence-electron chi connectivity index (χ4n) is 3.09. The predicted octanol–water partition coefficient (Wildman–Crippen LogP) is 1.65. The van der Waals surface area contributed by atoms with Crippen LogP contribution in [0.1, 0.15) is 39.0 Å². The number of nitrogens with zero attached hydrogens (tertiary/aromatic N) is 1. The summed E-state index contributed by atoms with van der Waals surface area (Å²) in [5.74, 6) is 0. The van der Waals surface area contributed by atoms with Gasteiger partial charge in [-0.1, -0.05) is 0 Å². The molecule has 4 nitrogen and oxygen atoms in total. The zero-order chi connectivity index (χ0) is 13.3. The Morgan fingerprint density at radius 3 is 2.74 bits per heavy atom. The van der Waals surface area contributed by atoms with Crippen molar-refractivity contribution >= 4 is 0 Å². The Kier molecular flexibility index (Phi) is 7.14. The molecule has 0 aromatic rings. The van der Waals surface area contributed by atoms with Gasteiger partial charge in [-0.05, 0) is 58.7 Å². The third-order valence-corrected chi connectivity index (χ3v) is 4.12. The van der Waals surface area contributed by atoms with Crippen molar-refractivity contribution in [1.82, 2.24) is 10.2 Å². The van der Waals surface area contributed by atoms with Crippen LogP contribution < -0.4 is 5.32 Å². The number of hydrogen-bond acceptors (Lipinski definition) is 4. The van der Waals surface area contributed by atoms with Crippen molar-refractivity contribution in [2.75, 3.05) is 45.9 Å². The highest BCUT2D eigenvalue weighted by atomic mass is 16.5. The summed E-state index contributed by atoms with van der Waals surface area (Å²) in [4.78, 5) is 2.54. The molecule has 0 radical (unpaired) electrons. The molecule has 0 spiro atoms. The van der Waals surface area contributed by atoms with Gasteiger partial charge in [0.25, 0.3) is 0 Å². The van der Waals surface area contributed by atoms with Crippen LogP contribution in [0.25, 0.3) is 0 Å². The number of piperidine rings is 2. The Hall–Kier alpha value is -0.160. The van der Waals surface area contributed by atoms with Gasteiger partial charge in [-0.15, -0.1) is 0 Å². The molecule has 4 heteroatoms. The van der Waals surface area contributed by atoms with Gasteiger partial charge in [0.15, 0.2) is 0 Å². The summed E-state index contributed by atoms with van der Waals surface area (Å²) >= 11 is 0. The smallest absolute Gasteiger partial charge is 0.0702 e. The molecule has 1 N–H and O–H groups in total. The first-order valence-electron chi connectivity index (χ1n) is 8.04. The number of rotatable bonds is 7. The second kappa shape index (κ2) is 8.90. The van der Waals surface area contributed by atoms with E-state index in [4.69, 9.17) is 9.47 Å². The second-order valence-corrected chi connectivity index (χ2v) is 5.69. The lowest BCUT2D eigenvalue weighted by Gasteiger charge is -2.32. The zero-order valence-corrected chi connectivity index (χ0v) is 12.4. The topological polar surface area (TPSA) is 33.7 Å².